The summed E-state index contributed by atoms with van der Waals surface area (Å²) in [5, 5.41) is 10.3. The van der Waals surface area contributed by atoms with Gasteiger partial charge in [0.05, 0.1) is 13.2 Å². The number of rotatable bonds is 16. The molecule has 3 rings (SSSR count). The monoisotopic (exact) mass is 581 g/mol. The Bertz CT molecular complexity index is 1020. The van der Waals surface area contributed by atoms with Crippen molar-refractivity contribution in [3.63, 3.8) is 0 Å². The molecule has 0 radical (unpaired) electrons. The SMILES string of the molecule is CCOC(Cc1ccc(OCCN(CCCCOc2cc(Cl)cc(Cl)c2)C(=O)OC2CCCC2)cc1)C(=O)O. The smallest absolute Gasteiger partial charge is 0.410 e. The van der Waals surface area contributed by atoms with Gasteiger partial charge in [0, 0.05) is 29.6 Å². The zero-order valence-electron chi connectivity index (χ0n) is 22.3. The number of benzene rings is 2. The van der Waals surface area contributed by atoms with Crippen LogP contribution >= 0.6 is 23.2 Å². The van der Waals surface area contributed by atoms with Gasteiger partial charge in [-0.05, 0) is 81.3 Å². The van der Waals surface area contributed by atoms with Crippen LogP contribution in [0.15, 0.2) is 42.5 Å². The average Bonchev–Trinajstić information content (AvgIpc) is 3.40. The highest BCUT2D eigenvalue weighted by atomic mass is 35.5. The molecule has 1 aliphatic rings. The molecule has 0 heterocycles. The van der Waals surface area contributed by atoms with Gasteiger partial charge in [0.1, 0.15) is 24.2 Å². The zero-order chi connectivity index (χ0) is 28.0. The molecule has 0 aliphatic heterocycles. The number of carboxylic acid groups (broad SMARTS) is 1. The minimum atomic E-state index is -0.984. The predicted molar refractivity (Wildman–Crippen MR) is 150 cm³/mol. The van der Waals surface area contributed by atoms with Crippen molar-refractivity contribution < 1.29 is 33.6 Å². The van der Waals surface area contributed by atoms with Gasteiger partial charge < -0.3 is 29.0 Å². The van der Waals surface area contributed by atoms with Crippen molar-refractivity contribution in [1.29, 1.82) is 0 Å². The van der Waals surface area contributed by atoms with Crippen LogP contribution in [0.25, 0.3) is 0 Å². The quantitative estimate of drug-likeness (QED) is 0.222. The van der Waals surface area contributed by atoms with Gasteiger partial charge in [0.25, 0.3) is 0 Å². The number of hydrogen-bond acceptors (Lipinski definition) is 6. The van der Waals surface area contributed by atoms with E-state index in [1.165, 1.54) is 0 Å². The number of halogens is 2. The lowest BCUT2D eigenvalue weighted by molar-refractivity contribution is -0.149. The summed E-state index contributed by atoms with van der Waals surface area (Å²) in [6.45, 7) is 3.77. The molecule has 1 unspecified atom stereocenters. The number of amides is 1. The molecule has 0 saturated heterocycles. The number of aliphatic carboxylic acids is 1. The van der Waals surface area contributed by atoms with Crippen molar-refractivity contribution in [2.75, 3.05) is 32.9 Å². The van der Waals surface area contributed by atoms with Gasteiger partial charge >= 0.3 is 12.1 Å². The van der Waals surface area contributed by atoms with Gasteiger partial charge in [0.2, 0.25) is 0 Å². The Labute approximate surface area is 240 Å². The third kappa shape index (κ3) is 11.1. The average molecular weight is 583 g/mol. The van der Waals surface area contributed by atoms with Crippen LogP contribution < -0.4 is 9.47 Å². The second-order valence-electron chi connectivity index (χ2n) is 9.42. The minimum absolute atomic E-state index is 0.0179. The zero-order valence-corrected chi connectivity index (χ0v) is 23.8. The first-order chi connectivity index (χ1) is 18.8. The summed E-state index contributed by atoms with van der Waals surface area (Å²) in [5.74, 6) is 0.266. The van der Waals surface area contributed by atoms with Crippen molar-refractivity contribution in [3.8, 4) is 11.5 Å². The molecule has 1 aliphatic carbocycles. The van der Waals surface area contributed by atoms with E-state index in [1.54, 1.807) is 42.2 Å². The van der Waals surface area contributed by atoms with Crippen molar-refractivity contribution in [3.05, 3.63) is 58.1 Å². The van der Waals surface area contributed by atoms with Crippen molar-refractivity contribution in [2.45, 2.75) is 64.1 Å². The number of carboxylic acids is 1. The Morgan fingerprint density at radius 1 is 0.949 bits per heavy atom. The van der Waals surface area contributed by atoms with Gasteiger partial charge in [-0.2, -0.15) is 0 Å². The van der Waals surface area contributed by atoms with E-state index < -0.39 is 12.1 Å². The lowest BCUT2D eigenvalue weighted by atomic mass is 10.1. The predicted octanol–water partition coefficient (Wildman–Crippen LogP) is 6.64. The first-order valence-electron chi connectivity index (χ1n) is 13.4. The Morgan fingerprint density at radius 2 is 1.62 bits per heavy atom. The number of carbonyl (C=O) groups excluding carboxylic acids is 1. The number of carbonyl (C=O) groups is 2. The molecule has 0 aromatic heterocycles. The highest BCUT2D eigenvalue weighted by Gasteiger charge is 2.23. The van der Waals surface area contributed by atoms with Crippen LogP contribution in [0.3, 0.4) is 0 Å². The van der Waals surface area contributed by atoms with Gasteiger partial charge in [-0.25, -0.2) is 9.59 Å². The molecular weight excluding hydrogens is 545 g/mol. The number of nitrogens with zero attached hydrogens (tertiary/aromatic N) is 1. The Kier molecular flexibility index (Phi) is 13.0. The van der Waals surface area contributed by atoms with Crippen molar-refractivity contribution >= 4 is 35.3 Å². The van der Waals surface area contributed by atoms with Crippen LogP contribution in [0.4, 0.5) is 4.79 Å². The van der Waals surface area contributed by atoms with Crippen molar-refractivity contribution in [2.24, 2.45) is 0 Å². The fourth-order valence-corrected chi connectivity index (χ4v) is 4.86. The highest BCUT2D eigenvalue weighted by Crippen LogP contribution is 2.25. The molecule has 1 amide bonds. The summed E-state index contributed by atoms with van der Waals surface area (Å²) >= 11 is 12.0. The summed E-state index contributed by atoms with van der Waals surface area (Å²) in [6, 6.07) is 12.3. The van der Waals surface area contributed by atoms with E-state index >= 15 is 0 Å². The van der Waals surface area contributed by atoms with Crippen LogP contribution in [0.1, 0.15) is 51.0 Å². The molecule has 1 fully saturated rings. The van der Waals surface area contributed by atoms with Crippen molar-refractivity contribution in [1.82, 2.24) is 4.90 Å². The van der Waals surface area contributed by atoms with Crippen LogP contribution in [0.2, 0.25) is 10.0 Å². The molecule has 39 heavy (non-hydrogen) atoms. The van der Waals surface area contributed by atoms with Gasteiger partial charge in [-0.15, -0.1) is 0 Å². The maximum absolute atomic E-state index is 12.9. The molecule has 0 spiro atoms. The van der Waals surface area contributed by atoms with Gasteiger partial charge in [-0.1, -0.05) is 35.3 Å². The van der Waals surface area contributed by atoms with Crippen LogP contribution in [0.5, 0.6) is 11.5 Å². The third-order valence-corrected chi connectivity index (χ3v) is 6.81. The lowest BCUT2D eigenvalue weighted by Gasteiger charge is -2.24. The summed E-state index contributed by atoms with van der Waals surface area (Å²) in [6.07, 6.45) is 4.50. The van der Waals surface area contributed by atoms with Crippen LogP contribution in [0, 0.1) is 0 Å². The number of ether oxygens (including phenoxy) is 4. The molecule has 1 atom stereocenters. The summed E-state index contributed by atoms with van der Waals surface area (Å²) < 4.78 is 22.6. The lowest BCUT2D eigenvalue weighted by Crippen LogP contribution is -2.37. The van der Waals surface area contributed by atoms with E-state index in [0.29, 0.717) is 54.5 Å². The second kappa shape index (κ2) is 16.4. The van der Waals surface area contributed by atoms with E-state index in [1.807, 2.05) is 12.1 Å². The number of hydrogen-bond donors (Lipinski definition) is 1. The molecule has 1 saturated carbocycles. The fraction of sp³-hybridized carbons (Fsp3) is 0.517. The summed E-state index contributed by atoms with van der Waals surface area (Å²) in [4.78, 5) is 25.9. The molecule has 8 nitrogen and oxygen atoms in total. The molecule has 1 N–H and O–H groups in total. The van der Waals surface area contributed by atoms with E-state index in [0.717, 1.165) is 44.1 Å². The molecule has 2 aromatic carbocycles. The minimum Gasteiger partial charge on any atom is -0.493 e. The van der Waals surface area contributed by atoms with E-state index in [4.69, 9.17) is 42.1 Å². The Morgan fingerprint density at radius 3 is 2.26 bits per heavy atom. The van der Waals surface area contributed by atoms with E-state index in [-0.39, 0.29) is 18.6 Å². The van der Waals surface area contributed by atoms with Crippen LogP contribution in [-0.4, -0.2) is 67.2 Å². The van der Waals surface area contributed by atoms with E-state index in [9.17, 15) is 14.7 Å². The van der Waals surface area contributed by atoms with Gasteiger partial charge in [0.15, 0.2) is 6.10 Å². The number of unbranched alkanes of at least 4 members (excludes halogenated alkanes) is 1. The molecule has 10 heteroatoms. The second-order valence-corrected chi connectivity index (χ2v) is 10.3. The Hall–Kier alpha value is -2.68. The maximum Gasteiger partial charge on any atom is 0.410 e. The normalized spacial score (nSPS) is 14.1. The molecule has 0 bridgehead atoms. The van der Waals surface area contributed by atoms with Gasteiger partial charge in [-0.3, -0.25) is 0 Å². The topological polar surface area (TPSA) is 94.5 Å². The third-order valence-electron chi connectivity index (χ3n) is 6.37. The van der Waals surface area contributed by atoms with Crippen LogP contribution in [-0.2, 0) is 20.7 Å². The standard InChI is InChI=1S/C29H37Cl2NO7/c1-2-36-27(28(33)34)17-21-9-11-24(12-10-21)38-16-14-32(29(35)39-25-7-3-4-8-25)13-5-6-15-37-26-19-22(30)18-23(31)20-26/h9-12,18-20,25,27H,2-8,13-17H2,1H3,(H,33,34). The largest absolute Gasteiger partial charge is 0.493 e. The first kappa shape index (κ1) is 30.9. The summed E-state index contributed by atoms with van der Waals surface area (Å²) in [5.41, 5.74) is 0.840. The summed E-state index contributed by atoms with van der Waals surface area (Å²) in [7, 11) is 0. The fourth-order valence-electron chi connectivity index (χ4n) is 4.35. The first-order valence-corrected chi connectivity index (χ1v) is 14.2. The highest BCUT2D eigenvalue weighted by molar-refractivity contribution is 6.34. The molecule has 214 valence electrons. The maximum atomic E-state index is 12.9. The molecular formula is C29H37Cl2NO7. The van der Waals surface area contributed by atoms with E-state index in [2.05, 4.69) is 0 Å². The Balaban J connectivity index is 1.46. The molecule has 2 aromatic rings.